The van der Waals surface area contributed by atoms with Gasteiger partial charge in [0, 0.05) is 5.92 Å². The molecule has 0 radical (unpaired) electrons. The molecule has 1 fully saturated rings. The highest BCUT2D eigenvalue weighted by molar-refractivity contribution is 6.32. The molecule has 80 valence electrons. The number of benzene rings is 1. The van der Waals surface area contributed by atoms with E-state index in [2.05, 4.69) is 0 Å². The number of carbonyl (C=O) groups is 1. The van der Waals surface area contributed by atoms with Crippen molar-refractivity contribution in [3.63, 3.8) is 0 Å². The van der Waals surface area contributed by atoms with E-state index in [-0.39, 0.29) is 5.92 Å². The number of carboxylic acid groups (broad SMARTS) is 1. The van der Waals surface area contributed by atoms with Crippen LogP contribution in [0.4, 0.5) is 0 Å². The van der Waals surface area contributed by atoms with Crippen LogP contribution in [0.1, 0.15) is 12.8 Å². The average Bonchev–Trinajstić information content (AvgIpc) is 2.99. The zero-order chi connectivity index (χ0) is 10.8. The molecule has 0 aliphatic heterocycles. The van der Waals surface area contributed by atoms with Gasteiger partial charge in [-0.25, -0.2) is 4.79 Å². The summed E-state index contributed by atoms with van der Waals surface area (Å²) in [6, 6.07) is 6.92. The summed E-state index contributed by atoms with van der Waals surface area (Å²) < 4.78 is 5.40. The van der Waals surface area contributed by atoms with Crippen LogP contribution in [0.25, 0.3) is 0 Å². The van der Waals surface area contributed by atoms with E-state index in [1.165, 1.54) is 0 Å². The number of ether oxygens (including phenoxy) is 1. The number of halogens is 1. The first kappa shape index (κ1) is 10.3. The van der Waals surface area contributed by atoms with E-state index in [4.69, 9.17) is 21.4 Å². The van der Waals surface area contributed by atoms with Crippen LogP contribution in [0.15, 0.2) is 24.3 Å². The van der Waals surface area contributed by atoms with E-state index in [0.29, 0.717) is 10.8 Å². The molecule has 1 aliphatic carbocycles. The fourth-order valence-electron chi connectivity index (χ4n) is 1.42. The fraction of sp³-hybridized carbons (Fsp3) is 0.364. The van der Waals surface area contributed by atoms with E-state index in [0.717, 1.165) is 12.8 Å². The maximum absolute atomic E-state index is 10.9. The number of carboxylic acids is 1. The van der Waals surface area contributed by atoms with Crippen molar-refractivity contribution >= 4 is 17.6 Å². The molecular formula is C11H11ClO3. The zero-order valence-electron chi connectivity index (χ0n) is 8.02. The minimum Gasteiger partial charge on any atom is -0.478 e. The third kappa shape index (κ3) is 2.42. The summed E-state index contributed by atoms with van der Waals surface area (Å²) in [6.07, 6.45) is 1.08. The molecule has 15 heavy (non-hydrogen) atoms. The third-order valence-corrected chi connectivity index (χ3v) is 2.70. The zero-order valence-corrected chi connectivity index (χ0v) is 8.78. The van der Waals surface area contributed by atoms with Crippen molar-refractivity contribution < 1.29 is 14.6 Å². The van der Waals surface area contributed by atoms with Gasteiger partial charge in [-0.15, -0.1) is 0 Å². The number of aliphatic carboxylic acids is 1. The predicted octanol–water partition coefficient (Wildman–Crippen LogP) is 2.58. The molecule has 0 spiro atoms. The van der Waals surface area contributed by atoms with Crippen molar-refractivity contribution in [2.75, 3.05) is 0 Å². The van der Waals surface area contributed by atoms with Crippen molar-refractivity contribution in [2.45, 2.75) is 18.9 Å². The Morgan fingerprint density at radius 1 is 1.47 bits per heavy atom. The number of hydrogen-bond acceptors (Lipinski definition) is 2. The molecule has 1 unspecified atom stereocenters. The molecule has 1 N–H and O–H groups in total. The highest BCUT2D eigenvalue weighted by Crippen LogP contribution is 2.36. The van der Waals surface area contributed by atoms with Crippen LogP contribution in [-0.2, 0) is 4.79 Å². The van der Waals surface area contributed by atoms with Crippen molar-refractivity contribution in [1.29, 1.82) is 0 Å². The second kappa shape index (κ2) is 4.11. The normalized spacial score (nSPS) is 17.1. The topological polar surface area (TPSA) is 46.5 Å². The molecule has 1 aliphatic rings. The van der Waals surface area contributed by atoms with Crippen LogP contribution >= 0.6 is 11.6 Å². The lowest BCUT2D eigenvalue weighted by atomic mass is 10.2. The van der Waals surface area contributed by atoms with Gasteiger partial charge in [-0.3, -0.25) is 0 Å². The summed E-state index contributed by atoms with van der Waals surface area (Å²) >= 11 is 5.88. The summed E-state index contributed by atoms with van der Waals surface area (Å²) in [7, 11) is 0. The van der Waals surface area contributed by atoms with Gasteiger partial charge in [0.15, 0.2) is 6.10 Å². The largest absolute Gasteiger partial charge is 0.478 e. The van der Waals surface area contributed by atoms with E-state index in [1.807, 2.05) is 0 Å². The van der Waals surface area contributed by atoms with Crippen LogP contribution in [0, 0.1) is 5.92 Å². The Labute approximate surface area is 92.6 Å². The maximum atomic E-state index is 10.9. The summed E-state index contributed by atoms with van der Waals surface area (Å²) in [5.41, 5.74) is 0. The first-order valence-corrected chi connectivity index (χ1v) is 5.20. The van der Waals surface area contributed by atoms with Crippen molar-refractivity contribution in [1.82, 2.24) is 0 Å². The van der Waals surface area contributed by atoms with E-state index in [1.54, 1.807) is 24.3 Å². The fourth-order valence-corrected chi connectivity index (χ4v) is 1.60. The molecule has 0 amide bonds. The van der Waals surface area contributed by atoms with Gasteiger partial charge >= 0.3 is 5.97 Å². The van der Waals surface area contributed by atoms with Crippen molar-refractivity contribution in [3.05, 3.63) is 29.3 Å². The Balaban J connectivity index is 2.12. The minimum absolute atomic E-state index is 0.138. The molecule has 0 bridgehead atoms. The highest BCUT2D eigenvalue weighted by Gasteiger charge is 2.38. The molecule has 0 heterocycles. The standard InChI is InChI=1S/C11H11ClO3/c12-8-3-1-2-4-9(8)15-10(11(13)14)7-5-6-7/h1-4,7,10H,5-6H2,(H,13,14). The number of rotatable bonds is 4. The maximum Gasteiger partial charge on any atom is 0.345 e. The quantitative estimate of drug-likeness (QED) is 0.859. The number of para-hydroxylation sites is 1. The first-order chi connectivity index (χ1) is 7.18. The van der Waals surface area contributed by atoms with Gasteiger partial charge in [0.1, 0.15) is 5.75 Å². The van der Waals surface area contributed by atoms with Gasteiger partial charge in [0.25, 0.3) is 0 Å². The molecule has 1 atom stereocenters. The van der Waals surface area contributed by atoms with Crippen molar-refractivity contribution in [2.24, 2.45) is 5.92 Å². The van der Waals surface area contributed by atoms with Crippen LogP contribution in [0.3, 0.4) is 0 Å². The Kier molecular flexibility index (Phi) is 2.82. The van der Waals surface area contributed by atoms with E-state index in [9.17, 15) is 4.79 Å². The highest BCUT2D eigenvalue weighted by atomic mass is 35.5. The average molecular weight is 227 g/mol. The van der Waals surface area contributed by atoms with Crippen LogP contribution in [-0.4, -0.2) is 17.2 Å². The van der Waals surface area contributed by atoms with Gasteiger partial charge in [0.2, 0.25) is 0 Å². The second-order valence-corrected chi connectivity index (χ2v) is 4.05. The summed E-state index contributed by atoms with van der Waals surface area (Å²) in [4.78, 5) is 10.9. The molecule has 1 saturated carbocycles. The third-order valence-electron chi connectivity index (χ3n) is 2.38. The Morgan fingerprint density at radius 3 is 2.67 bits per heavy atom. The molecule has 3 nitrogen and oxygen atoms in total. The van der Waals surface area contributed by atoms with Gasteiger partial charge in [-0.05, 0) is 25.0 Å². The molecule has 1 aromatic carbocycles. The number of hydrogen-bond donors (Lipinski definition) is 1. The predicted molar refractivity (Wildman–Crippen MR) is 56.2 cm³/mol. The molecule has 1 aromatic rings. The Bertz CT molecular complexity index is 374. The molecule has 0 aromatic heterocycles. The second-order valence-electron chi connectivity index (χ2n) is 3.64. The Morgan fingerprint density at radius 2 is 2.13 bits per heavy atom. The van der Waals surface area contributed by atoms with E-state index < -0.39 is 12.1 Å². The lowest BCUT2D eigenvalue weighted by Gasteiger charge is -2.14. The van der Waals surface area contributed by atoms with Gasteiger partial charge in [0.05, 0.1) is 5.02 Å². The van der Waals surface area contributed by atoms with Crippen LogP contribution < -0.4 is 4.74 Å². The van der Waals surface area contributed by atoms with Gasteiger partial charge in [-0.1, -0.05) is 23.7 Å². The summed E-state index contributed by atoms with van der Waals surface area (Å²) in [5, 5.41) is 9.42. The van der Waals surface area contributed by atoms with Crippen molar-refractivity contribution in [3.8, 4) is 5.75 Å². The minimum atomic E-state index is -0.919. The molecule has 4 heteroatoms. The lowest BCUT2D eigenvalue weighted by Crippen LogP contribution is -2.29. The Hall–Kier alpha value is -1.22. The van der Waals surface area contributed by atoms with Gasteiger partial charge < -0.3 is 9.84 Å². The summed E-state index contributed by atoms with van der Waals surface area (Å²) in [6.45, 7) is 0. The van der Waals surface area contributed by atoms with Crippen LogP contribution in [0.2, 0.25) is 5.02 Å². The van der Waals surface area contributed by atoms with Gasteiger partial charge in [-0.2, -0.15) is 0 Å². The molecule has 2 rings (SSSR count). The molecular weight excluding hydrogens is 216 g/mol. The smallest absolute Gasteiger partial charge is 0.345 e. The SMILES string of the molecule is O=C(O)C(Oc1ccccc1Cl)C1CC1. The first-order valence-electron chi connectivity index (χ1n) is 4.82. The van der Waals surface area contributed by atoms with Crippen LogP contribution in [0.5, 0.6) is 5.75 Å². The monoisotopic (exact) mass is 226 g/mol. The lowest BCUT2D eigenvalue weighted by molar-refractivity contribution is -0.146. The molecule has 0 saturated heterocycles. The van der Waals surface area contributed by atoms with E-state index >= 15 is 0 Å². The summed E-state index contributed by atoms with van der Waals surface area (Å²) in [5.74, 6) is -0.338.